The molecule has 23 rings (SSSR count). The van der Waals surface area contributed by atoms with Crippen molar-refractivity contribution in [3.8, 4) is 55.9 Å². The molecule has 0 saturated heterocycles. The van der Waals surface area contributed by atoms with Crippen LogP contribution in [0.25, 0.3) is 176 Å². The minimum absolute atomic E-state index is 0.861. The largest absolute Gasteiger partial charge is 0.454 e. The van der Waals surface area contributed by atoms with Crippen molar-refractivity contribution in [2.24, 2.45) is 0 Å². The van der Waals surface area contributed by atoms with Gasteiger partial charge in [0.05, 0.1) is 39.1 Å². The maximum atomic E-state index is 6.72. The third kappa shape index (κ3) is 11.1. The van der Waals surface area contributed by atoms with Gasteiger partial charge in [-0.1, -0.05) is 297 Å². The van der Waals surface area contributed by atoms with Crippen LogP contribution in [0.3, 0.4) is 0 Å². The summed E-state index contributed by atoms with van der Waals surface area (Å²) < 4.78 is 18.1. The van der Waals surface area contributed by atoms with Gasteiger partial charge in [0.2, 0.25) is 0 Å². The molecule has 0 fully saturated rings. The Morgan fingerprint density at radius 3 is 1.05 bits per heavy atom. The molecule has 0 aliphatic rings. The molecule has 534 valence electrons. The van der Waals surface area contributed by atoms with E-state index in [4.69, 9.17) is 8.83 Å². The molecule has 0 bridgehead atoms. The fraction of sp³-hybridized carbons (Fsp3) is 0. The molecule has 6 nitrogen and oxygen atoms in total. The normalized spacial score (nSPS) is 11.7. The number of benzene rings is 19. The van der Waals surface area contributed by atoms with Crippen LogP contribution in [0.5, 0.6) is 0 Å². The number of fused-ring (bicyclic) bond motifs is 15. The number of hydrogen-bond acceptors (Lipinski definition) is 4. The van der Waals surface area contributed by atoms with E-state index in [2.05, 4.69) is 425 Å². The number of anilines is 6. The van der Waals surface area contributed by atoms with Gasteiger partial charge in [0.15, 0.2) is 11.2 Å². The Morgan fingerprint density at radius 2 is 0.535 bits per heavy atom. The zero-order valence-electron chi connectivity index (χ0n) is 62.0. The molecule has 0 radical (unpaired) electrons. The third-order valence-corrected chi connectivity index (χ3v) is 23.0. The zero-order chi connectivity index (χ0) is 75.2. The van der Waals surface area contributed by atoms with E-state index in [1.54, 1.807) is 0 Å². The standard InChI is InChI=1S/C56H36N2O.C52H34N2O/c1-2-16-40(17-3-1)57-51-25-10-8-21-47(51)50-36-39(30-34-53(50)57)44-33-35-52(46-20-7-6-19-45(44)46)58(54-26-13-24-49-48-22-9-11-27-55(48)59-56(49)54)41-31-28-38(29-32-41)43-23-12-15-37-14-4-5-18-42(37)43;1-2-14-39(15-3-1)54-48-21-8-6-17-44(48)47-34-38(28-33-49(47)54)35-24-29-40(30-25-35)53(50-22-11-20-46-45-18-7-9-23-51(45)55-52(46)50)41-31-26-37(27-32-41)43-19-10-13-36-12-4-5-16-42(36)43/h1-36H;1-34H. The summed E-state index contributed by atoms with van der Waals surface area (Å²) in [6.07, 6.45) is 0. The van der Waals surface area contributed by atoms with Gasteiger partial charge < -0.3 is 27.8 Å². The Labute approximate surface area is 658 Å². The summed E-state index contributed by atoms with van der Waals surface area (Å²) in [7, 11) is 0. The highest BCUT2D eigenvalue weighted by atomic mass is 16.3. The summed E-state index contributed by atoms with van der Waals surface area (Å²) in [5, 5.41) is 16.7. The van der Waals surface area contributed by atoms with Crippen molar-refractivity contribution in [3.05, 3.63) is 425 Å². The van der Waals surface area contributed by atoms with Gasteiger partial charge in [0.25, 0.3) is 0 Å². The number of rotatable bonds is 12. The first-order valence-electron chi connectivity index (χ1n) is 38.9. The van der Waals surface area contributed by atoms with E-state index in [1.807, 2.05) is 18.2 Å². The molecule has 0 amide bonds. The molecule has 19 aromatic carbocycles. The molecule has 0 aliphatic carbocycles. The molecular weight excluding hydrogens is 1390 g/mol. The minimum atomic E-state index is 0.861. The fourth-order valence-electron chi connectivity index (χ4n) is 17.7. The summed E-state index contributed by atoms with van der Waals surface area (Å²) in [6, 6.07) is 153. The van der Waals surface area contributed by atoms with Gasteiger partial charge in [-0.2, -0.15) is 0 Å². The van der Waals surface area contributed by atoms with E-state index in [-0.39, 0.29) is 0 Å². The van der Waals surface area contributed by atoms with Crippen LogP contribution < -0.4 is 9.80 Å². The van der Waals surface area contributed by atoms with E-state index in [0.29, 0.717) is 0 Å². The fourth-order valence-corrected chi connectivity index (χ4v) is 17.7. The van der Waals surface area contributed by atoms with Crippen molar-refractivity contribution in [1.29, 1.82) is 0 Å². The Morgan fingerprint density at radius 1 is 0.184 bits per heavy atom. The van der Waals surface area contributed by atoms with E-state index in [0.717, 1.165) is 100 Å². The lowest BCUT2D eigenvalue weighted by atomic mass is 9.95. The molecule has 23 aromatic rings. The maximum Gasteiger partial charge on any atom is 0.159 e. The van der Waals surface area contributed by atoms with Gasteiger partial charge in [-0.15, -0.1) is 0 Å². The van der Waals surface area contributed by atoms with Crippen LogP contribution >= 0.6 is 0 Å². The van der Waals surface area contributed by atoms with Crippen LogP contribution in [-0.2, 0) is 0 Å². The van der Waals surface area contributed by atoms with Crippen LogP contribution in [0.15, 0.2) is 433 Å². The monoisotopic (exact) mass is 1450 g/mol. The maximum absolute atomic E-state index is 6.72. The predicted octanol–water partition coefficient (Wildman–Crippen LogP) is 30.4. The van der Waals surface area contributed by atoms with Crippen molar-refractivity contribution in [2.75, 3.05) is 9.80 Å². The van der Waals surface area contributed by atoms with E-state index >= 15 is 0 Å². The molecule has 4 heterocycles. The number of furan rings is 2. The van der Waals surface area contributed by atoms with E-state index in [1.165, 1.54) is 109 Å². The van der Waals surface area contributed by atoms with Crippen molar-refractivity contribution in [2.45, 2.75) is 0 Å². The second-order valence-corrected chi connectivity index (χ2v) is 29.4. The van der Waals surface area contributed by atoms with Gasteiger partial charge in [-0.25, -0.2) is 0 Å². The lowest BCUT2D eigenvalue weighted by molar-refractivity contribution is 0.668. The van der Waals surface area contributed by atoms with E-state index in [9.17, 15) is 0 Å². The van der Waals surface area contributed by atoms with Gasteiger partial charge in [0, 0.05) is 76.9 Å². The first kappa shape index (κ1) is 65.8. The molecular formula is C108H70N4O2. The Hall–Kier alpha value is -15.2. The number of nitrogens with zero attached hydrogens (tertiary/aromatic N) is 4. The SMILES string of the molecule is c1ccc(-n2c3ccccc3c3cc(-c4ccc(N(c5ccc(-c6cccc7ccccc67)cc5)c5cccc6c5oc5ccccc56)c5ccccc45)ccc32)cc1.c1ccc(-n2c3ccccc3c3cc(-c4ccc(N(c5ccc(-c6cccc7ccccc67)cc5)c5cccc6c5oc5ccccc56)cc4)ccc32)cc1. The number of para-hydroxylation sites is 8. The summed E-state index contributed by atoms with van der Waals surface area (Å²) in [6.45, 7) is 0. The highest BCUT2D eigenvalue weighted by Crippen LogP contribution is 2.49. The molecule has 114 heavy (non-hydrogen) atoms. The second kappa shape index (κ2) is 27.4. The average Bonchev–Trinajstić information content (AvgIpc) is 1.48. The quantitative estimate of drug-likeness (QED) is 0.122. The molecule has 6 heteroatoms. The summed E-state index contributed by atoms with van der Waals surface area (Å²) in [5.41, 5.74) is 26.4. The highest BCUT2D eigenvalue weighted by molar-refractivity contribution is 6.17. The minimum Gasteiger partial charge on any atom is -0.454 e. The van der Waals surface area contributed by atoms with Crippen LogP contribution in [0, 0.1) is 0 Å². The first-order chi connectivity index (χ1) is 56.6. The summed E-state index contributed by atoms with van der Waals surface area (Å²) in [5.74, 6) is 0. The molecule has 4 aromatic heterocycles. The summed E-state index contributed by atoms with van der Waals surface area (Å²) >= 11 is 0. The van der Waals surface area contributed by atoms with Crippen molar-refractivity contribution in [3.63, 3.8) is 0 Å². The smallest absolute Gasteiger partial charge is 0.159 e. The van der Waals surface area contributed by atoms with Crippen molar-refractivity contribution >= 4 is 154 Å². The zero-order valence-corrected chi connectivity index (χ0v) is 62.0. The molecule has 0 aliphatic heterocycles. The van der Waals surface area contributed by atoms with Crippen LogP contribution in [-0.4, -0.2) is 9.13 Å². The Balaban J connectivity index is 0.000000139. The molecule has 0 saturated carbocycles. The van der Waals surface area contributed by atoms with Crippen molar-refractivity contribution in [1.82, 2.24) is 9.13 Å². The van der Waals surface area contributed by atoms with Crippen LogP contribution in [0.4, 0.5) is 34.1 Å². The number of aromatic nitrogens is 2. The van der Waals surface area contributed by atoms with Crippen LogP contribution in [0.2, 0.25) is 0 Å². The van der Waals surface area contributed by atoms with Gasteiger partial charge >= 0.3 is 0 Å². The second-order valence-electron chi connectivity index (χ2n) is 29.4. The highest BCUT2D eigenvalue weighted by Gasteiger charge is 2.25. The summed E-state index contributed by atoms with van der Waals surface area (Å²) in [4.78, 5) is 4.69. The topological polar surface area (TPSA) is 42.6 Å². The molecule has 0 N–H and O–H groups in total. The average molecular weight is 1460 g/mol. The molecule has 0 spiro atoms. The van der Waals surface area contributed by atoms with Crippen molar-refractivity contribution < 1.29 is 8.83 Å². The predicted molar refractivity (Wildman–Crippen MR) is 480 cm³/mol. The van der Waals surface area contributed by atoms with Gasteiger partial charge in [-0.05, 0) is 199 Å². The van der Waals surface area contributed by atoms with Gasteiger partial charge in [0.1, 0.15) is 11.2 Å². The Kier molecular flexibility index (Phi) is 15.8. The van der Waals surface area contributed by atoms with Gasteiger partial charge in [-0.3, -0.25) is 0 Å². The Bertz CT molecular complexity index is 7650. The first-order valence-corrected chi connectivity index (χ1v) is 38.9. The number of hydrogen-bond donors (Lipinski definition) is 0. The third-order valence-electron chi connectivity index (χ3n) is 23.0. The lowest BCUT2D eigenvalue weighted by Gasteiger charge is -2.28. The molecule has 0 unspecified atom stereocenters. The molecule has 0 atom stereocenters. The van der Waals surface area contributed by atoms with Crippen LogP contribution in [0.1, 0.15) is 0 Å². The van der Waals surface area contributed by atoms with E-state index < -0.39 is 0 Å². The lowest BCUT2D eigenvalue weighted by Crippen LogP contribution is -2.11.